The third-order valence-electron chi connectivity index (χ3n) is 3.99. The van der Waals surface area contributed by atoms with Gasteiger partial charge in [0.1, 0.15) is 6.10 Å². The Bertz CT molecular complexity index is 784. The summed E-state index contributed by atoms with van der Waals surface area (Å²) >= 11 is 0. The Hall–Kier alpha value is -2.96. The second kappa shape index (κ2) is 8.23. The summed E-state index contributed by atoms with van der Waals surface area (Å²) in [5.74, 6) is -0.274. The van der Waals surface area contributed by atoms with Crippen LogP contribution in [0, 0.1) is 6.92 Å². The van der Waals surface area contributed by atoms with Crippen molar-refractivity contribution < 1.29 is 14.6 Å². The van der Waals surface area contributed by atoms with Crippen molar-refractivity contribution >= 4 is 11.8 Å². The van der Waals surface area contributed by atoms with E-state index in [1.807, 2.05) is 31.3 Å². The SMILES string of the molecule is CNc1ccc([C@H](C)OC(=O)NCCn2ccc(=O)c(O)c2C)cc1. The lowest BCUT2D eigenvalue weighted by atomic mass is 10.1. The molecule has 0 spiro atoms. The standard InChI is InChI=1S/C18H23N3O4/c1-12-17(23)16(22)8-10-21(12)11-9-20-18(24)25-13(2)14-4-6-15(19-3)7-5-14/h4-8,10,13,19,23H,9,11H2,1-3H3,(H,20,24)/t13-/m0/s1. The van der Waals surface area contributed by atoms with Crippen molar-refractivity contribution in [3.63, 3.8) is 0 Å². The van der Waals surface area contributed by atoms with Gasteiger partial charge in [-0.05, 0) is 31.5 Å². The van der Waals surface area contributed by atoms with Crippen LogP contribution in [0.3, 0.4) is 0 Å². The van der Waals surface area contributed by atoms with Crippen LogP contribution in [0.2, 0.25) is 0 Å². The van der Waals surface area contributed by atoms with Gasteiger partial charge in [0.15, 0.2) is 5.75 Å². The summed E-state index contributed by atoms with van der Waals surface area (Å²) in [7, 11) is 1.84. The van der Waals surface area contributed by atoms with Crippen molar-refractivity contribution in [3.8, 4) is 5.75 Å². The summed E-state index contributed by atoms with van der Waals surface area (Å²) in [5, 5.41) is 15.3. The lowest BCUT2D eigenvalue weighted by molar-refractivity contribution is 0.107. The lowest BCUT2D eigenvalue weighted by Crippen LogP contribution is -2.29. The van der Waals surface area contributed by atoms with Crippen molar-refractivity contribution in [1.82, 2.24) is 9.88 Å². The first kappa shape index (κ1) is 18.4. The highest BCUT2D eigenvalue weighted by atomic mass is 16.6. The zero-order chi connectivity index (χ0) is 18.4. The van der Waals surface area contributed by atoms with E-state index in [0.29, 0.717) is 18.8 Å². The van der Waals surface area contributed by atoms with Crippen LogP contribution in [0.25, 0.3) is 0 Å². The number of ether oxygens (including phenoxy) is 1. The number of aromatic nitrogens is 1. The van der Waals surface area contributed by atoms with Gasteiger partial charge in [0.2, 0.25) is 5.43 Å². The van der Waals surface area contributed by atoms with Crippen LogP contribution in [0.1, 0.15) is 24.3 Å². The van der Waals surface area contributed by atoms with Crippen LogP contribution >= 0.6 is 0 Å². The summed E-state index contributed by atoms with van der Waals surface area (Å²) < 4.78 is 7.03. The number of hydrogen-bond acceptors (Lipinski definition) is 5. The second-order valence-electron chi connectivity index (χ2n) is 5.65. The molecule has 2 rings (SSSR count). The molecule has 0 radical (unpaired) electrons. The maximum Gasteiger partial charge on any atom is 0.407 e. The third-order valence-corrected chi connectivity index (χ3v) is 3.99. The number of benzene rings is 1. The van der Waals surface area contributed by atoms with Gasteiger partial charge in [-0.1, -0.05) is 12.1 Å². The van der Waals surface area contributed by atoms with E-state index in [0.717, 1.165) is 11.3 Å². The first-order valence-electron chi connectivity index (χ1n) is 8.03. The van der Waals surface area contributed by atoms with Crippen molar-refractivity contribution in [2.24, 2.45) is 0 Å². The Balaban J connectivity index is 1.84. The molecule has 0 aliphatic carbocycles. The van der Waals surface area contributed by atoms with E-state index in [2.05, 4.69) is 10.6 Å². The number of rotatable bonds is 6. The number of aromatic hydroxyl groups is 1. The van der Waals surface area contributed by atoms with Crippen LogP contribution in [0.5, 0.6) is 5.75 Å². The number of amides is 1. The van der Waals surface area contributed by atoms with E-state index >= 15 is 0 Å². The Kier molecular flexibility index (Phi) is 6.05. The van der Waals surface area contributed by atoms with Gasteiger partial charge >= 0.3 is 6.09 Å². The highest BCUT2D eigenvalue weighted by Gasteiger charge is 2.11. The fraction of sp³-hybridized carbons (Fsp3) is 0.333. The zero-order valence-corrected chi connectivity index (χ0v) is 14.6. The van der Waals surface area contributed by atoms with Crippen LogP contribution in [0.4, 0.5) is 10.5 Å². The molecule has 0 fully saturated rings. The zero-order valence-electron chi connectivity index (χ0n) is 14.6. The molecule has 134 valence electrons. The minimum atomic E-state index is -0.520. The summed E-state index contributed by atoms with van der Waals surface area (Å²) in [6.45, 7) is 4.18. The molecule has 0 aliphatic heterocycles. The molecule has 1 aromatic heterocycles. The van der Waals surface area contributed by atoms with Crippen molar-refractivity contribution in [1.29, 1.82) is 0 Å². The summed E-state index contributed by atoms with van der Waals surface area (Å²) in [6, 6.07) is 8.92. The smallest absolute Gasteiger partial charge is 0.407 e. The Morgan fingerprint density at radius 2 is 1.96 bits per heavy atom. The van der Waals surface area contributed by atoms with Gasteiger partial charge < -0.3 is 25.0 Å². The number of anilines is 1. The average molecular weight is 345 g/mol. The molecule has 0 saturated heterocycles. The molecule has 0 bridgehead atoms. The summed E-state index contributed by atoms with van der Waals surface area (Å²) in [4.78, 5) is 23.2. The molecule has 0 aliphatic rings. The van der Waals surface area contributed by atoms with Gasteiger partial charge in [-0.15, -0.1) is 0 Å². The quantitative estimate of drug-likeness (QED) is 0.747. The van der Waals surface area contributed by atoms with E-state index in [-0.39, 0.29) is 11.9 Å². The first-order valence-corrected chi connectivity index (χ1v) is 8.03. The van der Waals surface area contributed by atoms with Crippen molar-refractivity contribution in [3.05, 3.63) is 58.0 Å². The second-order valence-corrected chi connectivity index (χ2v) is 5.65. The van der Waals surface area contributed by atoms with E-state index in [4.69, 9.17) is 4.74 Å². The number of nitrogens with one attached hydrogen (secondary N) is 2. The molecule has 7 nitrogen and oxygen atoms in total. The van der Waals surface area contributed by atoms with Crippen molar-refractivity contribution in [2.75, 3.05) is 18.9 Å². The predicted molar refractivity (Wildman–Crippen MR) is 96.0 cm³/mol. The average Bonchev–Trinajstić information content (AvgIpc) is 2.61. The van der Waals surface area contributed by atoms with Crippen LogP contribution in [-0.2, 0) is 11.3 Å². The first-order chi connectivity index (χ1) is 11.9. The Morgan fingerprint density at radius 1 is 1.28 bits per heavy atom. The largest absolute Gasteiger partial charge is 0.503 e. The van der Waals surface area contributed by atoms with Gasteiger partial charge in [0, 0.05) is 38.1 Å². The maximum atomic E-state index is 11.9. The van der Waals surface area contributed by atoms with E-state index in [9.17, 15) is 14.7 Å². The molecule has 25 heavy (non-hydrogen) atoms. The number of hydrogen-bond donors (Lipinski definition) is 3. The fourth-order valence-electron chi connectivity index (χ4n) is 2.37. The summed E-state index contributed by atoms with van der Waals surface area (Å²) in [5.41, 5.74) is 1.93. The molecule has 0 saturated carbocycles. The molecule has 2 aromatic rings. The maximum absolute atomic E-state index is 11.9. The summed E-state index contributed by atoms with van der Waals surface area (Å²) in [6.07, 6.45) is 0.688. The van der Waals surface area contributed by atoms with Gasteiger partial charge in [-0.3, -0.25) is 4.79 Å². The molecule has 1 heterocycles. The number of alkyl carbamates (subject to hydrolysis) is 1. The fourth-order valence-corrected chi connectivity index (χ4v) is 2.37. The Labute approximate surface area is 146 Å². The minimum Gasteiger partial charge on any atom is -0.503 e. The number of nitrogens with zero attached hydrogens (tertiary/aromatic N) is 1. The molecule has 1 aromatic carbocycles. The molecular formula is C18H23N3O4. The van der Waals surface area contributed by atoms with Gasteiger partial charge in [0.05, 0.1) is 5.69 Å². The van der Waals surface area contributed by atoms with E-state index in [1.165, 1.54) is 6.07 Å². The van der Waals surface area contributed by atoms with Crippen LogP contribution < -0.4 is 16.1 Å². The van der Waals surface area contributed by atoms with Crippen LogP contribution in [0.15, 0.2) is 41.3 Å². The van der Waals surface area contributed by atoms with E-state index < -0.39 is 11.5 Å². The van der Waals surface area contributed by atoms with Crippen LogP contribution in [-0.4, -0.2) is 29.4 Å². The minimum absolute atomic E-state index is 0.274. The molecule has 1 amide bonds. The number of carbonyl (C=O) groups excluding carboxylic acids is 1. The molecule has 3 N–H and O–H groups in total. The molecular weight excluding hydrogens is 322 g/mol. The van der Waals surface area contributed by atoms with Gasteiger partial charge in [0.25, 0.3) is 0 Å². The normalized spacial score (nSPS) is 11.6. The third kappa shape index (κ3) is 4.76. The predicted octanol–water partition coefficient (Wildman–Crippen LogP) is 2.39. The number of pyridine rings is 1. The monoisotopic (exact) mass is 345 g/mol. The highest BCUT2D eigenvalue weighted by molar-refractivity contribution is 5.67. The number of carbonyl (C=O) groups is 1. The topological polar surface area (TPSA) is 92.6 Å². The Morgan fingerprint density at radius 3 is 2.60 bits per heavy atom. The van der Waals surface area contributed by atoms with Gasteiger partial charge in [-0.25, -0.2) is 4.79 Å². The van der Waals surface area contributed by atoms with Crippen molar-refractivity contribution in [2.45, 2.75) is 26.5 Å². The molecule has 0 unspecified atom stereocenters. The molecule has 1 atom stereocenters. The van der Waals surface area contributed by atoms with Gasteiger partial charge in [-0.2, -0.15) is 0 Å². The lowest BCUT2D eigenvalue weighted by Gasteiger charge is -2.16. The highest BCUT2D eigenvalue weighted by Crippen LogP contribution is 2.19. The molecule has 7 heteroatoms. The van der Waals surface area contributed by atoms with E-state index in [1.54, 1.807) is 24.6 Å².